The molecule has 172 valence electrons. The van der Waals surface area contributed by atoms with Crippen molar-refractivity contribution < 1.29 is 4.79 Å². The second kappa shape index (κ2) is 10.2. The molecule has 0 aliphatic rings. The molecule has 5 aromatic rings. The zero-order valence-corrected chi connectivity index (χ0v) is 19.9. The fraction of sp³-hybridized carbons (Fsp3) is 0.222. The minimum absolute atomic E-state index is 0.145. The number of carbonyl (C=O) groups is 1. The molecule has 1 amide bonds. The number of nitrogens with one attached hydrogen (secondary N) is 2. The summed E-state index contributed by atoms with van der Waals surface area (Å²) in [6.45, 7) is 8.41. The first kappa shape index (κ1) is 23.0. The molecule has 34 heavy (non-hydrogen) atoms. The summed E-state index contributed by atoms with van der Waals surface area (Å²) in [5.41, 5.74) is 6.82. The molecule has 0 unspecified atom stereocenters. The topological polar surface area (TPSA) is 96.5 Å². The van der Waals surface area contributed by atoms with E-state index in [4.69, 9.17) is 0 Å². The number of fused-ring (bicyclic) bond motifs is 2. The molecule has 2 N–H and O–H groups in total. The van der Waals surface area contributed by atoms with Crippen molar-refractivity contribution >= 4 is 27.7 Å². The zero-order valence-electron chi connectivity index (χ0n) is 19.9. The quantitative estimate of drug-likeness (QED) is 0.388. The van der Waals surface area contributed by atoms with Gasteiger partial charge in [0, 0.05) is 35.3 Å². The third kappa shape index (κ3) is 5.09. The molecule has 0 fully saturated rings. The van der Waals surface area contributed by atoms with Crippen molar-refractivity contribution in [2.75, 3.05) is 0 Å². The molecule has 0 aliphatic carbocycles. The Morgan fingerprint density at radius 2 is 1.71 bits per heavy atom. The minimum Gasteiger partial charge on any atom is -0.344 e. The van der Waals surface area contributed by atoms with Crippen LogP contribution >= 0.6 is 0 Å². The minimum atomic E-state index is -0.325. The van der Waals surface area contributed by atoms with Crippen molar-refractivity contribution in [1.82, 2.24) is 30.5 Å². The Kier molecular flexibility index (Phi) is 6.92. The van der Waals surface area contributed by atoms with E-state index in [0.29, 0.717) is 13.0 Å². The predicted molar refractivity (Wildman–Crippen MR) is 135 cm³/mol. The van der Waals surface area contributed by atoms with E-state index >= 15 is 0 Å². The number of nitrogens with zero attached hydrogens (tertiary/aromatic N) is 4. The number of benzene rings is 2. The van der Waals surface area contributed by atoms with Crippen LogP contribution in [0.15, 0.2) is 60.9 Å². The lowest BCUT2D eigenvalue weighted by molar-refractivity contribution is 0.0940. The van der Waals surface area contributed by atoms with E-state index in [1.165, 1.54) is 5.56 Å². The highest BCUT2D eigenvalue weighted by molar-refractivity contribution is 5.91. The summed E-state index contributed by atoms with van der Waals surface area (Å²) < 4.78 is 0. The lowest BCUT2D eigenvalue weighted by Crippen LogP contribution is -2.25. The normalized spacial score (nSPS) is 10.7. The Morgan fingerprint density at radius 1 is 0.941 bits per heavy atom. The fourth-order valence-corrected chi connectivity index (χ4v) is 3.77. The van der Waals surface area contributed by atoms with Gasteiger partial charge in [0.15, 0.2) is 0 Å². The van der Waals surface area contributed by atoms with Crippen LogP contribution in [0.4, 0.5) is 0 Å². The van der Waals surface area contributed by atoms with Crippen molar-refractivity contribution in [3.8, 4) is 0 Å². The zero-order chi connectivity index (χ0) is 24.1. The maximum absolute atomic E-state index is 12.7. The highest BCUT2D eigenvalue weighted by Gasteiger charge is 2.12. The van der Waals surface area contributed by atoms with Crippen LogP contribution in [0.5, 0.6) is 0 Å². The maximum atomic E-state index is 12.7. The van der Waals surface area contributed by atoms with Crippen molar-refractivity contribution in [3.05, 3.63) is 94.8 Å². The van der Waals surface area contributed by atoms with Gasteiger partial charge in [0.1, 0.15) is 0 Å². The standard InChI is InChI=1S/C25H22N6O.C2H6/c1-15-3-5-21-18(9-15)11-17(13-27-21)12-19-7-8-26-24(29-19)25(32)28-14-23-20-10-16(2)4-6-22(20)30-31-23;1-2/h3-11,13H,12,14H2,1-2H3,(H,28,32)(H,30,31);1-2H3. The van der Waals surface area contributed by atoms with Crippen LogP contribution in [0.1, 0.15) is 52.5 Å². The highest BCUT2D eigenvalue weighted by atomic mass is 16.2. The van der Waals surface area contributed by atoms with Gasteiger partial charge in [-0.15, -0.1) is 0 Å². The number of pyridine rings is 1. The summed E-state index contributed by atoms with van der Waals surface area (Å²) in [6, 6.07) is 16.1. The number of H-pyrrole nitrogens is 1. The van der Waals surface area contributed by atoms with Crippen molar-refractivity contribution in [3.63, 3.8) is 0 Å². The molecule has 0 saturated heterocycles. The molecule has 3 heterocycles. The van der Waals surface area contributed by atoms with E-state index in [1.807, 2.05) is 51.2 Å². The molecule has 0 aliphatic heterocycles. The van der Waals surface area contributed by atoms with Gasteiger partial charge in [0.2, 0.25) is 5.82 Å². The third-order valence-electron chi connectivity index (χ3n) is 5.41. The highest BCUT2D eigenvalue weighted by Crippen LogP contribution is 2.18. The first-order valence-electron chi connectivity index (χ1n) is 11.4. The second-order valence-corrected chi connectivity index (χ2v) is 7.99. The lowest BCUT2D eigenvalue weighted by atomic mass is 10.1. The van der Waals surface area contributed by atoms with E-state index in [-0.39, 0.29) is 11.7 Å². The van der Waals surface area contributed by atoms with Crippen molar-refractivity contribution in [2.45, 2.75) is 40.7 Å². The van der Waals surface area contributed by atoms with Crippen LogP contribution in [0.25, 0.3) is 21.8 Å². The lowest BCUT2D eigenvalue weighted by Gasteiger charge is -2.06. The summed E-state index contributed by atoms with van der Waals surface area (Å²) >= 11 is 0. The molecule has 5 rings (SSSR count). The number of carbonyl (C=O) groups excluding carboxylic acids is 1. The third-order valence-corrected chi connectivity index (χ3v) is 5.41. The van der Waals surface area contributed by atoms with Crippen LogP contribution in [0.2, 0.25) is 0 Å². The Bertz CT molecular complexity index is 1460. The van der Waals surface area contributed by atoms with Crippen LogP contribution < -0.4 is 5.32 Å². The van der Waals surface area contributed by atoms with E-state index in [9.17, 15) is 4.79 Å². The molecule has 0 atom stereocenters. The van der Waals surface area contributed by atoms with Gasteiger partial charge >= 0.3 is 0 Å². The molecule has 0 saturated carbocycles. The summed E-state index contributed by atoms with van der Waals surface area (Å²) in [7, 11) is 0. The van der Waals surface area contributed by atoms with E-state index in [2.05, 4.69) is 61.7 Å². The molecule has 7 heteroatoms. The number of aryl methyl sites for hydroxylation is 2. The van der Waals surface area contributed by atoms with Gasteiger partial charge in [-0.1, -0.05) is 37.1 Å². The molecule has 0 spiro atoms. The van der Waals surface area contributed by atoms with Gasteiger partial charge in [-0.2, -0.15) is 5.10 Å². The predicted octanol–water partition coefficient (Wildman–Crippen LogP) is 5.06. The van der Waals surface area contributed by atoms with Gasteiger partial charge in [-0.3, -0.25) is 14.9 Å². The molecule has 7 nitrogen and oxygen atoms in total. The van der Waals surface area contributed by atoms with Crippen LogP contribution in [0, 0.1) is 13.8 Å². The van der Waals surface area contributed by atoms with Gasteiger partial charge in [0.25, 0.3) is 5.91 Å². The van der Waals surface area contributed by atoms with Crippen LogP contribution in [0.3, 0.4) is 0 Å². The SMILES string of the molecule is CC.Cc1ccc2ncc(Cc3ccnc(C(=O)NCc4[nH]nc5ccc(C)cc45)n3)cc2c1. The molecule has 0 bridgehead atoms. The average Bonchev–Trinajstić information content (AvgIpc) is 3.25. The smallest absolute Gasteiger partial charge is 0.289 e. The maximum Gasteiger partial charge on any atom is 0.289 e. The average molecular weight is 453 g/mol. The number of hydrogen-bond acceptors (Lipinski definition) is 5. The molecule has 2 aromatic carbocycles. The Labute approximate surface area is 198 Å². The number of aromatic amines is 1. The van der Waals surface area contributed by atoms with Gasteiger partial charge in [-0.05, 0) is 55.8 Å². The van der Waals surface area contributed by atoms with Gasteiger partial charge in [-0.25, -0.2) is 9.97 Å². The second-order valence-electron chi connectivity index (χ2n) is 7.99. The number of rotatable bonds is 5. The van der Waals surface area contributed by atoms with E-state index in [1.54, 1.807) is 6.20 Å². The fourth-order valence-electron chi connectivity index (χ4n) is 3.77. The molecular formula is C27H28N6O. The van der Waals surface area contributed by atoms with Gasteiger partial charge in [0.05, 0.1) is 23.3 Å². The Hall–Kier alpha value is -4.13. The van der Waals surface area contributed by atoms with E-state index < -0.39 is 0 Å². The first-order valence-corrected chi connectivity index (χ1v) is 11.4. The Balaban J connectivity index is 0.00000133. The monoisotopic (exact) mass is 452 g/mol. The number of hydrogen-bond donors (Lipinski definition) is 2. The van der Waals surface area contributed by atoms with Crippen LogP contribution in [-0.4, -0.2) is 31.1 Å². The Morgan fingerprint density at radius 3 is 2.53 bits per heavy atom. The largest absolute Gasteiger partial charge is 0.344 e. The summed E-state index contributed by atoms with van der Waals surface area (Å²) in [5, 5.41) is 12.3. The summed E-state index contributed by atoms with van der Waals surface area (Å²) in [4.78, 5) is 25.8. The number of aromatic nitrogens is 5. The molecular weight excluding hydrogens is 424 g/mol. The summed E-state index contributed by atoms with van der Waals surface area (Å²) in [6.07, 6.45) is 4.04. The summed E-state index contributed by atoms with van der Waals surface area (Å²) in [5.74, 6) is -0.179. The van der Waals surface area contributed by atoms with Gasteiger partial charge < -0.3 is 5.32 Å². The molecule has 3 aromatic heterocycles. The molecule has 0 radical (unpaired) electrons. The first-order chi connectivity index (χ1) is 16.5. The number of amides is 1. The van der Waals surface area contributed by atoms with Crippen LogP contribution in [-0.2, 0) is 13.0 Å². The van der Waals surface area contributed by atoms with Crippen molar-refractivity contribution in [1.29, 1.82) is 0 Å². The van der Waals surface area contributed by atoms with Crippen molar-refractivity contribution in [2.24, 2.45) is 0 Å². The van der Waals surface area contributed by atoms with E-state index in [0.717, 1.165) is 44.3 Å².